The van der Waals surface area contributed by atoms with Gasteiger partial charge in [-0.3, -0.25) is 0 Å². The van der Waals surface area contributed by atoms with Gasteiger partial charge in [0, 0.05) is 30.6 Å². The van der Waals surface area contributed by atoms with E-state index in [1.165, 1.54) is 23.9 Å². The van der Waals surface area contributed by atoms with Crippen LogP contribution >= 0.6 is 0 Å². The molecule has 0 unspecified atom stereocenters. The van der Waals surface area contributed by atoms with Crippen LogP contribution < -0.4 is 4.90 Å². The molecule has 0 N–H and O–H groups in total. The van der Waals surface area contributed by atoms with E-state index in [2.05, 4.69) is 72.5 Å². The fraction of sp³-hybridized carbons (Fsp3) is 0.412. The molecule has 20 heavy (non-hydrogen) atoms. The molecule has 2 rings (SSSR count). The van der Waals surface area contributed by atoms with Gasteiger partial charge < -0.3 is 4.90 Å². The molecule has 2 aromatic carbocycles. The Bertz CT molecular complexity index is 588. The quantitative estimate of drug-likeness (QED) is 0.524. The Morgan fingerprint density at radius 1 is 0.950 bits per heavy atom. The number of unbranched alkanes of at least 4 members (excludes halogenated alkanes) is 2. The molecule has 0 radical (unpaired) electrons. The smallest absolute Gasteiger partial charge is 0.0932 e. The Hall–Kier alpha value is -1.90. The number of hydrogen-bond donors (Lipinski definition) is 0. The van der Waals surface area contributed by atoms with Gasteiger partial charge in [-0.05, 0) is 18.6 Å². The topological polar surface area (TPSA) is 28.0 Å². The van der Waals surface area contributed by atoms with Crippen molar-refractivity contribution in [1.29, 1.82) is 0 Å². The number of anilines is 1. The number of nitrogens with zero attached hydrogens (tertiary/aromatic N) is 3. The summed E-state index contributed by atoms with van der Waals surface area (Å²) in [6.45, 7) is 3.02. The van der Waals surface area contributed by atoms with Crippen LogP contribution in [0.3, 0.4) is 0 Å². The number of benzene rings is 2. The molecular weight excluding hydrogens is 246 g/mol. The lowest BCUT2D eigenvalue weighted by Gasteiger charge is -2.16. The van der Waals surface area contributed by atoms with Crippen LogP contribution in [0.2, 0.25) is 0 Å². The maximum Gasteiger partial charge on any atom is 0.0932 e. The third-order valence-corrected chi connectivity index (χ3v) is 3.40. The van der Waals surface area contributed by atoms with E-state index in [0.717, 1.165) is 24.0 Å². The number of fused-ring (bicyclic) bond motifs is 1. The zero-order valence-corrected chi connectivity index (χ0v) is 12.6. The summed E-state index contributed by atoms with van der Waals surface area (Å²) in [5.74, 6) is 0. The monoisotopic (exact) mass is 269 g/mol. The van der Waals surface area contributed by atoms with Crippen molar-refractivity contribution < 1.29 is 0 Å². The fourth-order valence-corrected chi connectivity index (χ4v) is 2.30. The second kappa shape index (κ2) is 7.04. The Balaban J connectivity index is 2.29. The van der Waals surface area contributed by atoms with E-state index in [9.17, 15) is 0 Å². The molecular formula is C17H23N3. The van der Waals surface area contributed by atoms with Gasteiger partial charge >= 0.3 is 0 Å². The molecule has 0 fully saturated rings. The second-order valence-electron chi connectivity index (χ2n) is 5.22. The molecule has 3 heteroatoms. The third kappa shape index (κ3) is 3.35. The van der Waals surface area contributed by atoms with Gasteiger partial charge in [-0.25, -0.2) is 0 Å². The van der Waals surface area contributed by atoms with Crippen LogP contribution in [-0.2, 0) is 0 Å². The summed E-state index contributed by atoms with van der Waals surface area (Å²) in [5, 5.41) is 11.1. The number of hydrogen-bond acceptors (Lipinski definition) is 3. The summed E-state index contributed by atoms with van der Waals surface area (Å²) in [6, 6.07) is 12.5. The van der Waals surface area contributed by atoms with E-state index in [0.29, 0.717) is 0 Å². The molecule has 0 heterocycles. The summed E-state index contributed by atoms with van der Waals surface area (Å²) in [6.07, 6.45) is 3.56. The van der Waals surface area contributed by atoms with E-state index < -0.39 is 0 Å². The zero-order chi connectivity index (χ0) is 14.4. The molecule has 0 saturated carbocycles. The van der Waals surface area contributed by atoms with Gasteiger partial charge in [0.05, 0.1) is 12.2 Å². The molecule has 0 atom stereocenters. The molecule has 0 aliphatic heterocycles. The molecule has 0 spiro atoms. The summed E-state index contributed by atoms with van der Waals surface area (Å²) >= 11 is 0. The minimum Gasteiger partial charge on any atom is -0.377 e. The van der Waals surface area contributed by atoms with Crippen LogP contribution in [0.1, 0.15) is 26.2 Å². The molecule has 0 aromatic heterocycles. The summed E-state index contributed by atoms with van der Waals surface area (Å²) in [7, 11) is 4.13. The van der Waals surface area contributed by atoms with Crippen LogP contribution in [0.15, 0.2) is 46.6 Å². The number of azo groups is 1. The number of rotatable bonds is 6. The zero-order valence-electron chi connectivity index (χ0n) is 12.6. The molecule has 3 nitrogen and oxygen atoms in total. The molecule has 0 saturated heterocycles. The lowest BCUT2D eigenvalue weighted by molar-refractivity contribution is 0.713. The Morgan fingerprint density at radius 2 is 1.70 bits per heavy atom. The molecule has 0 amide bonds. The molecule has 106 valence electrons. The SMILES string of the molecule is CCCCCN=Nc1ccc(N(C)C)c2ccccc12. The lowest BCUT2D eigenvalue weighted by atomic mass is 10.1. The highest BCUT2D eigenvalue weighted by Gasteiger charge is 2.06. The van der Waals surface area contributed by atoms with Gasteiger partial charge in [-0.15, -0.1) is 0 Å². The van der Waals surface area contributed by atoms with Crippen molar-refractivity contribution in [2.75, 3.05) is 25.5 Å². The second-order valence-corrected chi connectivity index (χ2v) is 5.22. The normalized spacial score (nSPS) is 11.3. The third-order valence-electron chi connectivity index (χ3n) is 3.40. The van der Waals surface area contributed by atoms with Crippen molar-refractivity contribution in [3.05, 3.63) is 36.4 Å². The van der Waals surface area contributed by atoms with Gasteiger partial charge in [-0.2, -0.15) is 10.2 Å². The molecule has 0 aliphatic carbocycles. The maximum absolute atomic E-state index is 4.41. The highest BCUT2D eigenvalue weighted by Crippen LogP contribution is 2.33. The van der Waals surface area contributed by atoms with Crippen LogP contribution in [0.5, 0.6) is 0 Å². The van der Waals surface area contributed by atoms with Crippen LogP contribution in [0.25, 0.3) is 10.8 Å². The van der Waals surface area contributed by atoms with E-state index in [-0.39, 0.29) is 0 Å². The van der Waals surface area contributed by atoms with E-state index in [4.69, 9.17) is 0 Å². The first kappa shape index (κ1) is 14.5. The van der Waals surface area contributed by atoms with Crippen molar-refractivity contribution in [3.63, 3.8) is 0 Å². The average Bonchev–Trinajstić information content (AvgIpc) is 2.46. The van der Waals surface area contributed by atoms with Gasteiger partial charge in [0.15, 0.2) is 0 Å². The first-order valence-electron chi connectivity index (χ1n) is 7.30. The standard InChI is InChI=1S/C17H23N3/c1-4-5-8-13-18-19-16-11-12-17(20(2)3)15-10-7-6-9-14(15)16/h6-7,9-12H,4-5,8,13H2,1-3H3. The van der Waals surface area contributed by atoms with Crippen molar-refractivity contribution in [1.82, 2.24) is 0 Å². The van der Waals surface area contributed by atoms with Gasteiger partial charge in [0.2, 0.25) is 0 Å². The van der Waals surface area contributed by atoms with Crippen molar-refractivity contribution in [3.8, 4) is 0 Å². The molecule has 0 bridgehead atoms. The first-order chi connectivity index (χ1) is 9.74. The Morgan fingerprint density at radius 3 is 2.40 bits per heavy atom. The van der Waals surface area contributed by atoms with Crippen molar-refractivity contribution in [2.45, 2.75) is 26.2 Å². The van der Waals surface area contributed by atoms with Crippen LogP contribution in [0, 0.1) is 0 Å². The fourth-order valence-electron chi connectivity index (χ4n) is 2.30. The van der Waals surface area contributed by atoms with Crippen LogP contribution in [0.4, 0.5) is 11.4 Å². The van der Waals surface area contributed by atoms with E-state index in [1.54, 1.807) is 0 Å². The Kier molecular flexibility index (Phi) is 5.10. The highest BCUT2D eigenvalue weighted by atomic mass is 15.1. The first-order valence-corrected chi connectivity index (χ1v) is 7.30. The van der Waals surface area contributed by atoms with E-state index in [1.807, 2.05) is 0 Å². The molecule has 2 aromatic rings. The van der Waals surface area contributed by atoms with Crippen molar-refractivity contribution >= 4 is 22.1 Å². The minimum absolute atomic E-state index is 0.817. The maximum atomic E-state index is 4.41. The van der Waals surface area contributed by atoms with Gasteiger partial charge in [0.1, 0.15) is 0 Å². The Labute approximate surface area is 121 Å². The van der Waals surface area contributed by atoms with E-state index >= 15 is 0 Å². The lowest BCUT2D eigenvalue weighted by Crippen LogP contribution is -2.08. The predicted molar refractivity (Wildman–Crippen MR) is 87.2 cm³/mol. The largest absolute Gasteiger partial charge is 0.377 e. The van der Waals surface area contributed by atoms with Crippen molar-refractivity contribution in [2.24, 2.45) is 10.2 Å². The minimum atomic E-state index is 0.817. The van der Waals surface area contributed by atoms with Gasteiger partial charge in [-0.1, -0.05) is 44.0 Å². The average molecular weight is 269 g/mol. The highest BCUT2D eigenvalue weighted by molar-refractivity contribution is 6.00. The summed E-state index contributed by atoms with van der Waals surface area (Å²) in [4.78, 5) is 2.13. The molecule has 0 aliphatic rings. The van der Waals surface area contributed by atoms with Crippen LogP contribution in [-0.4, -0.2) is 20.6 Å². The van der Waals surface area contributed by atoms with Gasteiger partial charge in [0.25, 0.3) is 0 Å². The predicted octanol–water partition coefficient (Wildman–Crippen LogP) is 5.18. The summed E-state index contributed by atoms with van der Waals surface area (Å²) in [5.41, 5.74) is 2.17. The summed E-state index contributed by atoms with van der Waals surface area (Å²) < 4.78 is 0.